The average Bonchev–Trinajstić information content (AvgIpc) is 2.32. The fourth-order valence-corrected chi connectivity index (χ4v) is 2.13. The van der Waals surface area contributed by atoms with Crippen molar-refractivity contribution in [3.63, 3.8) is 0 Å². The van der Waals surface area contributed by atoms with Crippen LogP contribution >= 0.6 is 0 Å². The predicted octanol–water partition coefficient (Wildman–Crippen LogP) is 1.73. The van der Waals surface area contributed by atoms with Crippen molar-refractivity contribution in [1.82, 2.24) is 5.32 Å². The molecule has 0 bridgehead atoms. The van der Waals surface area contributed by atoms with Crippen LogP contribution in [0.15, 0.2) is 0 Å². The fraction of sp³-hybridized carbons (Fsp3) is 0.867. The van der Waals surface area contributed by atoms with Crippen LogP contribution in [0, 0.1) is 11.3 Å². The van der Waals surface area contributed by atoms with E-state index in [1.54, 1.807) is 6.92 Å². The van der Waals surface area contributed by atoms with E-state index in [2.05, 4.69) is 26.5 Å². The summed E-state index contributed by atoms with van der Waals surface area (Å²) in [5.74, 6) is -1.38. The van der Waals surface area contributed by atoms with Gasteiger partial charge in [-0.1, -0.05) is 20.8 Å². The Morgan fingerprint density at radius 1 is 1.30 bits per heavy atom. The Hall–Kier alpha value is -1.10. The predicted molar refractivity (Wildman–Crippen MR) is 80.3 cm³/mol. The number of hydrogen-bond acceptors (Lipinski definition) is 2. The molecule has 2 unspecified atom stereocenters. The topological polar surface area (TPSA) is 66.4 Å². The molecule has 118 valence electrons. The number of nitrogens with zero attached hydrogens (tertiary/aromatic N) is 1. The quantitative estimate of drug-likeness (QED) is 0.501. The highest BCUT2D eigenvalue weighted by Crippen LogP contribution is 2.30. The number of nitrogens with one attached hydrogen (secondary N) is 1. The van der Waals surface area contributed by atoms with E-state index in [4.69, 9.17) is 5.11 Å². The number of carboxylic acid groups (broad SMARTS) is 1. The minimum Gasteiger partial charge on any atom is -0.481 e. The van der Waals surface area contributed by atoms with Crippen molar-refractivity contribution in [2.75, 3.05) is 34.2 Å². The van der Waals surface area contributed by atoms with Crippen LogP contribution in [0.1, 0.15) is 40.0 Å². The number of carbonyl (C=O) groups is 2. The van der Waals surface area contributed by atoms with E-state index in [9.17, 15) is 9.59 Å². The standard InChI is InChI=1S/C15H30N2O3/c1-7-15(3,11-12(2)13(18)19)14(20)16-9-8-10-17(4,5)6/h12H,7-11H2,1-6H3,(H-,16,18,19,20)/p+1. The van der Waals surface area contributed by atoms with Crippen molar-refractivity contribution in [2.45, 2.75) is 40.0 Å². The van der Waals surface area contributed by atoms with Gasteiger partial charge in [-0.2, -0.15) is 0 Å². The highest BCUT2D eigenvalue weighted by atomic mass is 16.4. The maximum Gasteiger partial charge on any atom is 0.306 e. The molecule has 0 radical (unpaired) electrons. The van der Waals surface area contributed by atoms with Gasteiger partial charge in [-0.15, -0.1) is 0 Å². The second-order valence-electron chi connectivity index (χ2n) is 6.98. The molecule has 0 heterocycles. The SMILES string of the molecule is CCC(C)(CC(C)C(=O)O)C(=O)NCCC[N+](C)(C)C. The summed E-state index contributed by atoms with van der Waals surface area (Å²) in [5, 5.41) is 11.9. The van der Waals surface area contributed by atoms with E-state index in [1.165, 1.54) is 0 Å². The van der Waals surface area contributed by atoms with E-state index in [1.807, 2.05) is 13.8 Å². The molecule has 0 saturated carbocycles. The average molecular weight is 287 g/mol. The fourth-order valence-electron chi connectivity index (χ4n) is 2.13. The summed E-state index contributed by atoms with van der Waals surface area (Å²) in [5.41, 5.74) is -0.603. The largest absolute Gasteiger partial charge is 0.481 e. The normalized spacial score (nSPS) is 16.3. The highest BCUT2D eigenvalue weighted by molar-refractivity contribution is 5.83. The molecule has 0 saturated heterocycles. The number of aliphatic carboxylic acids is 1. The van der Waals surface area contributed by atoms with Crippen molar-refractivity contribution in [3.05, 3.63) is 0 Å². The zero-order valence-corrected chi connectivity index (χ0v) is 13.8. The Morgan fingerprint density at radius 3 is 2.25 bits per heavy atom. The van der Waals surface area contributed by atoms with Gasteiger partial charge in [0, 0.05) is 18.4 Å². The van der Waals surface area contributed by atoms with Crippen LogP contribution in [0.25, 0.3) is 0 Å². The van der Waals surface area contributed by atoms with E-state index >= 15 is 0 Å². The van der Waals surface area contributed by atoms with Crippen molar-refractivity contribution in [3.8, 4) is 0 Å². The van der Waals surface area contributed by atoms with Crippen LogP contribution in [-0.2, 0) is 9.59 Å². The molecule has 5 nitrogen and oxygen atoms in total. The lowest BCUT2D eigenvalue weighted by molar-refractivity contribution is -0.870. The summed E-state index contributed by atoms with van der Waals surface area (Å²) in [6, 6.07) is 0. The number of hydrogen-bond donors (Lipinski definition) is 2. The summed E-state index contributed by atoms with van der Waals surface area (Å²) < 4.78 is 0.872. The van der Waals surface area contributed by atoms with Crippen LogP contribution in [0.4, 0.5) is 0 Å². The van der Waals surface area contributed by atoms with Crippen molar-refractivity contribution >= 4 is 11.9 Å². The van der Waals surface area contributed by atoms with E-state index in [0.29, 0.717) is 19.4 Å². The Balaban J connectivity index is 4.36. The lowest BCUT2D eigenvalue weighted by Crippen LogP contribution is -2.42. The van der Waals surface area contributed by atoms with Gasteiger partial charge in [-0.05, 0) is 12.8 Å². The van der Waals surface area contributed by atoms with Crippen LogP contribution in [0.3, 0.4) is 0 Å². The molecule has 0 spiro atoms. The lowest BCUT2D eigenvalue weighted by Gasteiger charge is -2.29. The molecular formula is C15H31N2O3+. The summed E-state index contributed by atoms with van der Waals surface area (Å²) in [7, 11) is 6.35. The molecule has 2 N–H and O–H groups in total. The van der Waals surface area contributed by atoms with Crippen molar-refractivity contribution in [2.24, 2.45) is 11.3 Å². The summed E-state index contributed by atoms with van der Waals surface area (Å²) in [6.45, 7) is 7.07. The Morgan fingerprint density at radius 2 is 1.85 bits per heavy atom. The highest BCUT2D eigenvalue weighted by Gasteiger charge is 2.34. The molecule has 0 rings (SSSR count). The second kappa shape index (κ2) is 7.62. The van der Waals surface area contributed by atoms with E-state index in [-0.39, 0.29) is 5.91 Å². The Kier molecular flexibility index (Phi) is 7.20. The Bertz CT molecular complexity index is 337. The molecule has 0 fully saturated rings. The van der Waals surface area contributed by atoms with Crippen molar-refractivity contribution < 1.29 is 19.2 Å². The van der Waals surface area contributed by atoms with Gasteiger partial charge in [0.15, 0.2) is 0 Å². The summed E-state index contributed by atoms with van der Waals surface area (Å²) >= 11 is 0. The summed E-state index contributed by atoms with van der Waals surface area (Å²) in [6.07, 6.45) is 1.94. The zero-order chi connectivity index (χ0) is 16.0. The monoisotopic (exact) mass is 287 g/mol. The first-order chi connectivity index (χ1) is 9.02. The summed E-state index contributed by atoms with van der Waals surface area (Å²) in [4.78, 5) is 23.2. The van der Waals surface area contributed by atoms with Gasteiger partial charge in [0.25, 0.3) is 0 Å². The lowest BCUT2D eigenvalue weighted by atomic mass is 9.78. The maximum absolute atomic E-state index is 12.3. The number of amides is 1. The van der Waals surface area contributed by atoms with Gasteiger partial charge in [0.2, 0.25) is 5.91 Å². The molecule has 0 aromatic rings. The molecule has 2 atom stereocenters. The van der Waals surface area contributed by atoms with Gasteiger partial charge in [0.1, 0.15) is 0 Å². The minimum absolute atomic E-state index is 0.0329. The van der Waals surface area contributed by atoms with Crippen molar-refractivity contribution in [1.29, 1.82) is 0 Å². The molecule has 1 amide bonds. The number of carbonyl (C=O) groups excluding carboxylic acids is 1. The third-order valence-corrected chi connectivity index (χ3v) is 3.80. The molecule has 0 aliphatic rings. The third kappa shape index (κ3) is 6.89. The van der Waals surface area contributed by atoms with Gasteiger partial charge in [0.05, 0.1) is 33.6 Å². The molecule has 0 aromatic carbocycles. The third-order valence-electron chi connectivity index (χ3n) is 3.80. The number of carboxylic acids is 1. The van der Waals surface area contributed by atoms with Gasteiger partial charge in [-0.25, -0.2) is 0 Å². The second-order valence-corrected chi connectivity index (χ2v) is 6.98. The van der Waals surface area contributed by atoms with E-state index in [0.717, 1.165) is 17.4 Å². The molecule has 20 heavy (non-hydrogen) atoms. The first-order valence-corrected chi connectivity index (χ1v) is 7.33. The molecule has 5 heteroatoms. The molecule has 0 aromatic heterocycles. The van der Waals surface area contributed by atoms with Gasteiger partial charge < -0.3 is 14.9 Å². The maximum atomic E-state index is 12.3. The van der Waals surface area contributed by atoms with Crippen LogP contribution in [-0.4, -0.2) is 55.7 Å². The van der Waals surface area contributed by atoms with Crippen LogP contribution in [0.2, 0.25) is 0 Å². The van der Waals surface area contributed by atoms with Crippen LogP contribution < -0.4 is 5.32 Å². The van der Waals surface area contributed by atoms with Crippen LogP contribution in [0.5, 0.6) is 0 Å². The Labute approximate surface area is 122 Å². The molecular weight excluding hydrogens is 256 g/mol. The zero-order valence-electron chi connectivity index (χ0n) is 13.8. The first kappa shape index (κ1) is 18.9. The molecule has 0 aliphatic carbocycles. The number of rotatable bonds is 9. The first-order valence-electron chi connectivity index (χ1n) is 7.33. The smallest absolute Gasteiger partial charge is 0.306 e. The van der Waals surface area contributed by atoms with Gasteiger partial charge in [-0.3, -0.25) is 9.59 Å². The van der Waals surface area contributed by atoms with Gasteiger partial charge >= 0.3 is 5.97 Å². The number of quaternary nitrogens is 1. The minimum atomic E-state index is -0.845. The molecule has 0 aliphatic heterocycles. The van der Waals surface area contributed by atoms with E-state index < -0.39 is 17.3 Å².